The van der Waals surface area contributed by atoms with Gasteiger partial charge in [0.05, 0.1) is 13.2 Å². The highest BCUT2D eigenvalue weighted by Gasteiger charge is 2.25. The molecule has 6 heteroatoms. The minimum absolute atomic E-state index is 0.112. The Morgan fingerprint density at radius 1 is 1.33 bits per heavy atom. The first kappa shape index (κ1) is 19.1. The molecule has 1 aromatic heterocycles. The molecule has 1 saturated heterocycles. The van der Waals surface area contributed by atoms with E-state index in [4.69, 9.17) is 4.74 Å². The van der Waals surface area contributed by atoms with Crippen molar-refractivity contribution < 1.29 is 9.53 Å². The second-order valence-electron chi connectivity index (χ2n) is 7.52. The summed E-state index contributed by atoms with van der Waals surface area (Å²) in [5.74, 6) is 2.36. The molecule has 4 nitrogen and oxygen atoms in total. The quantitative estimate of drug-likeness (QED) is 0.480. The first-order valence-corrected chi connectivity index (χ1v) is 12.4. The number of hydrogen-bond acceptors (Lipinski definition) is 4. The van der Waals surface area contributed by atoms with Crippen LogP contribution in [-0.2, 0) is 11.2 Å². The Morgan fingerprint density at radius 2 is 2.26 bits per heavy atom. The summed E-state index contributed by atoms with van der Waals surface area (Å²) in [7, 11) is 5.72. The van der Waals surface area contributed by atoms with E-state index in [1.54, 1.807) is 7.11 Å². The van der Waals surface area contributed by atoms with Gasteiger partial charge in [0.1, 0.15) is 5.75 Å². The van der Waals surface area contributed by atoms with E-state index in [9.17, 15) is 4.79 Å². The molecule has 1 aromatic carbocycles. The van der Waals surface area contributed by atoms with Gasteiger partial charge in [-0.15, -0.1) is 0 Å². The number of amides is 1. The fraction of sp³-hybridized carbons (Fsp3) is 0.571. The van der Waals surface area contributed by atoms with Crippen molar-refractivity contribution in [2.45, 2.75) is 62.7 Å². The van der Waals surface area contributed by atoms with E-state index in [1.807, 2.05) is 27.7 Å². The van der Waals surface area contributed by atoms with Gasteiger partial charge >= 0.3 is 0 Å². The van der Waals surface area contributed by atoms with E-state index in [-0.39, 0.29) is 11.9 Å². The zero-order chi connectivity index (χ0) is 18.6. The average Bonchev–Trinajstić information content (AvgIpc) is 3.33. The maximum absolute atomic E-state index is 12.5. The molecule has 0 saturated carbocycles. The van der Waals surface area contributed by atoms with Gasteiger partial charge in [0.15, 0.2) is 0 Å². The molecule has 0 spiro atoms. The molecule has 2 aromatic rings. The van der Waals surface area contributed by atoms with Gasteiger partial charge in [0.2, 0.25) is 5.91 Å². The number of ether oxygens (including phenoxy) is 1. The number of aromatic nitrogens is 1. The average molecular weight is 405 g/mol. The van der Waals surface area contributed by atoms with Gasteiger partial charge in [-0.25, -0.2) is 0 Å². The fourth-order valence-electron chi connectivity index (χ4n) is 4.20. The summed E-state index contributed by atoms with van der Waals surface area (Å²) in [5.41, 5.74) is 3.67. The first-order chi connectivity index (χ1) is 13.2. The van der Waals surface area contributed by atoms with Crippen molar-refractivity contribution >= 4 is 38.4 Å². The lowest BCUT2D eigenvalue weighted by molar-refractivity contribution is -0.122. The number of benzene rings is 1. The van der Waals surface area contributed by atoms with Crippen molar-refractivity contribution in [2.24, 2.45) is 0 Å². The monoisotopic (exact) mass is 404 g/mol. The molecule has 1 aliphatic heterocycles. The van der Waals surface area contributed by atoms with Crippen LogP contribution in [-0.4, -0.2) is 29.0 Å². The van der Waals surface area contributed by atoms with Crippen molar-refractivity contribution in [2.75, 3.05) is 12.9 Å². The van der Waals surface area contributed by atoms with Gasteiger partial charge in [-0.1, -0.05) is 28.0 Å². The molecule has 27 heavy (non-hydrogen) atoms. The Bertz CT molecular complexity index is 799. The van der Waals surface area contributed by atoms with Crippen molar-refractivity contribution in [1.82, 2.24) is 10.3 Å². The molecule has 4 rings (SSSR count). The van der Waals surface area contributed by atoms with Crippen LogP contribution in [0.15, 0.2) is 18.2 Å². The Labute approximate surface area is 169 Å². The number of rotatable bonds is 7. The van der Waals surface area contributed by atoms with E-state index in [2.05, 4.69) is 22.4 Å². The maximum atomic E-state index is 12.5. The molecule has 1 fully saturated rings. The maximum Gasteiger partial charge on any atom is 0.220 e. The van der Waals surface area contributed by atoms with Crippen molar-refractivity contribution in [3.05, 3.63) is 29.5 Å². The molecule has 0 unspecified atom stereocenters. The van der Waals surface area contributed by atoms with Crippen LogP contribution in [0.25, 0.3) is 10.9 Å². The van der Waals surface area contributed by atoms with Crippen molar-refractivity contribution in [3.8, 4) is 5.75 Å². The molecule has 1 aliphatic carbocycles. The minimum atomic E-state index is 0.112. The molecule has 0 radical (unpaired) electrons. The number of hydrogen-bond donors (Lipinski definition) is 2. The van der Waals surface area contributed by atoms with E-state index in [1.165, 1.54) is 35.2 Å². The zero-order valence-electron chi connectivity index (χ0n) is 15.9. The molecule has 2 heterocycles. The summed E-state index contributed by atoms with van der Waals surface area (Å²) in [6, 6.07) is 6.28. The summed E-state index contributed by atoms with van der Waals surface area (Å²) in [6.45, 7) is 0. The third-order valence-corrected chi connectivity index (χ3v) is 8.66. The summed E-state index contributed by atoms with van der Waals surface area (Å²) >= 11 is 0. The van der Waals surface area contributed by atoms with Gasteiger partial charge < -0.3 is 15.0 Å². The fourth-order valence-corrected chi connectivity index (χ4v) is 7.23. The summed E-state index contributed by atoms with van der Waals surface area (Å²) in [5, 5.41) is 5.32. The summed E-state index contributed by atoms with van der Waals surface area (Å²) in [4.78, 5) is 16.0. The van der Waals surface area contributed by atoms with Crippen LogP contribution < -0.4 is 10.1 Å². The standard InChI is InChI=1S/C21H28N2O2S2/c1-25-14-9-10-18-17(13-14)16-6-4-7-19(21(16)23-18)22-20(24)8-3-2-5-15-11-12-26-27-15/h9-10,13,15,19,23H,2-8,11-12H2,1H3,(H,22,24)/t15-,19+/m0/s1. The Kier molecular flexibility index (Phi) is 6.23. The van der Waals surface area contributed by atoms with E-state index < -0.39 is 0 Å². The van der Waals surface area contributed by atoms with E-state index in [0.29, 0.717) is 6.42 Å². The highest BCUT2D eigenvalue weighted by atomic mass is 33.1. The van der Waals surface area contributed by atoms with Gasteiger partial charge in [0.25, 0.3) is 0 Å². The van der Waals surface area contributed by atoms with E-state index in [0.717, 1.165) is 48.6 Å². The lowest BCUT2D eigenvalue weighted by atomic mass is 9.91. The number of nitrogens with one attached hydrogen (secondary N) is 2. The van der Waals surface area contributed by atoms with Crippen LogP contribution in [0.4, 0.5) is 0 Å². The number of aromatic amines is 1. The van der Waals surface area contributed by atoms with Crippen LogP contribution in [0.5, 0.6) is 5.75 Å². The highest BCUT2D eigenvalue weighted by molar-refractivity contribution is 8.77. The molecule has 146 valence electrons. The number of methoxy groups -OCH3 is 1. The number of aryl methyl sites for hydroxylation is 1. The van der Waals surface area contributed by atoms with Crippen LogP contribution in [0.3, 0.4) is 0 Å². The third-order valence-electron chi connectivity index (χ3n) is 5.66. The molecular formula is C21H28N2O2S2. The molecule has 2 aliphatic rings. The molecular weight excluding hydrogens is 376 g/mol. The predicted molar refractivity (Wildman–Crippen MR) is 116 cm³/mol. The van der Waals surface area contributed by atoms with Gasteiger partial charge in [0, 0.05) is 34.0 Å². The zero-order valence-corrected chi connectivity index (χ0v) is 17.5. The molecule has 2 atom stereocenters. The molecule has 1 amide bonds. The van der Waals surface area contributed by atoms with Crippen LogP contribution in [0, 0.1) is 0 Å². The van der Waals surface area contributed by atoms with Gasteiger partial charge in [-0.05, 0) is 62.3 Å². The first-order valence-electron chi connectivity index (χ1n) is 10.0. The smallest absolute Gasteiger partial charge is 0.220 e. The lowest BCUT2D eigenvalue weighted by Gasteiger charge is -2.24. The van der Waals surface area contributed by atoms with Crippen molar-refractivity contribution in [1.29, 1.82) is 0 Å². The van der Waals surface area contributed by atoms with Crippen LogP contribution in [0.1, 0.15) is 62.2 Å². The Hall–Kier alpha value is -1.27. The molecule has 0 bridgehead atoms. The van der Waals surface area contributed by atoms with Crippen LogP contribution in [0.2, 0.25) is 0 Å². The summed E-state index contributed by atoms with van der Waals surface area (Å²) in [6.07, 6.45) is 8.57. The SMILES string of the molecule is COc1ccc2[nH]c3c(c2c1)CCC[C@H]3NC(=O)CCCC[C@H]1CCSS1. The van der Waals surface area contributed by atoms with Crippen molar-refractivity contribution in [3.63, 3.8) is 0 Å². The second-order valence-corrected chi connectivity index (χ2v) is 10.3. The van der Waals surface area contributed by atoms with Gasteiger partial charge in [-0.3, -0.25) is 4.79 Å². The highest BCUT2D eigenvalue weighted by Crippen LogP contribution is 2.40. The predicted octanol–water partition coefficient (Wildman–Crippen LogP) is 5.38. The van der Waals surface area contributed by atoms with Crippen LogP contribution >= 0.6 is 21.6 Å². The third kappa shape index (κ3) is 4.43. The number of H-pyrrole nitrogens is 1. The summed E-state index contributed by atoms with van der Waals surface area (Å²) < 4.78 is 5.38. The number of unbranched alkanes of at least 4 members (excludes halogenated alkanes) is 1. The Morgan fingerprint density at radius 3 is 3.07 bits per heavy atom. The minimum Gasteiger partial charge on any atom is -0.497 e. The van der Waals surface area contributed by atoms with E-state index >= 15 is 0 Å². The number of fused-ring (bicyclic) bond motifs is 3. The number of carbonyl (C=O) groups excluding carboxylic acids is 1. The number of carbonyl (C=O) groups is 1. The Balaban J connectivity index is 1.35. The topological polar surface area (TPSA) is 54.1 Å². The van der Waals surface area contributed by atoms with Gasteiger partial charge in [-0.2, -0.15) is 0 Å². The normalized spacial score (nSPS) is 22.0. The molecule has 2 N–H and O–H groups in total. The lowest BCUT2D eigenvalue weighted by Crippen LogP contribution is -2.30. The largest absolute Gasteiger partial charge is 0.497 e. The second kappa shape index (κ2) is 8.82.